The van der Waals surface area contributed by atoms with Crippen molar-refractivity contribution < 1.29 is 4.79 Å². The van der Waals surface area contributed by atoms with Crippen LogP contribution in [0.2, 0.25) is 0 Å². The quantitative estimate of drug-likeness (QED) is 0.902. The van der Waals surface area contributed by atoms with Crippen LogP contribution in [0.3, 0.4) is 0 Å². The molecule has 0 bridgehead atoms. The van der Waals surface area contributed by atoms with Gasteiger partial charge in [-0.2, -0.15) is 0 Å². The maximum Gasteiger partial charge on any atom is 0.242 e. The van der Waals surface area contributed by atoms with E-state index in [0.717, 1.165) is 54.1 Å². The molecule has 2 aromatic heterocycles. The molecular formula is C17H24N4OS. The number of aromatic nitrogens is 2. The van der Waals surface area contributed by atoms with Gasteiger partial charge in [-0.15, -0.1) is 11.3 Å². The average Bonchev–Trinajstić information content (AvgIpc) is 2.75. The third kappa shape index (κ3) is 3.63. The number of hydrogen-bond acceptors (Lipinski definition) is 5. The summed E-state index contributed by atoms with van der Waals surface area (Å²) in [6.07, 6.45) is 3.93. The number of nitrogens with one attached hydrogen (secondary N) is 2. The molecule has 1 fully saturated rings. The van der Waals surface area contributed by atoms with E-state index >= 15 is 0 Å². The Morgan fingerprint density at radius 1 is 1.39 bits per heavy atom. The van der Waals surface area contributed by atoms with Crippen LogP contribution in [-0.2, 0) is 11.2 Å². The lowest BCUT2D eigenvalue weighted by Gasteiger charge is -2.17. The van der Waals surface area contributed by atoms with E-state index in [1.54, 1.807) is 11.3 Å². The predicted molar refractivity (Wildman–Crippen MR) is 95.0 cm³/mol. The molecule has 0 aromatic carbocycles. The molecule has 3 heterocycles. The smallest absolute Gasteiger partial charge is 0.242 e. The maximum atomic E-state index is 12.2. The molecule has 0 aliphatic carbocycles. The van der Waals surface area contributed by atoms with Crippen LogP contribution in [0.1, 0.15) is 44.5 Å². The second kappa shape index (κ2) is 6.83. The molecule has 124 valence electrons. The first-order valence-electron chi connectivity index (χ1n) is 8.33. The molecule has 0 spiro atoms. The van der Waals surface area contributed by atoms with Crippen LogP contribution in [0.4, 0.5) is 5.82 Å². The number of aryl methyl sites for hydroxylation is 1. The van der Waals surface area contributed by atoms with Crippen molar-refractivity contribution in [1.82, 2.24) is 15.3 Å². The molecule has 1 aliphatic heterocycles. The molecular weight excluding hydrogens is 308 g/mol. The zero-order valence-corrected chi connectivity index (χ0v) is 14.8. The SMILES string of the molecule is Cc1nc(NC2CCCCNC2=O)c2c(CC(C)C)csc2n1. The van der Waals surface area contributed by atoms with Gasteiger partial charge in [-0.3, -0.25) is 4.79 Å². The lowest BCUT2D eigenvalue weighted by Crippen LogP contribution is -2.38. The molecule has 0 saturated carbocycles. The number of fused-ring (bicyclic) bond motifs is 1. The molecule has 0 radical (unpaired) electrons. The first-order valence-corrected chi connectivity index (χ1v) is 9.21. The van der Waals surface area contributed by atoms with Crippen LogP contribution < -0.4 is 10.6 Å². The Kier molecular flexibility index (Phi) is 4.80. The zero-order valence-electron chi connectivity index (χ0n) is 14.0. The summed E-state index contributed by atoms with van der Waals surface area (Å²) >= 11 is 1.66. The van der Waals surface area contributed by atoms with E-state index in [1.165, 1.54) is 5.56 Å². The number of nitrogens with zero attached hydrogens (tertiary/aromatic N) is 2. The van der Waals surface area contributed by atoms with E-state index in [-0.39, 0.29) is 11.9 Å². The third-order valence-corrected chi connectivity index (χ3v) is 5.02. The fourth-order valence-electron chi connectivity index (χ4n) is 3.04. The minimum atomic E-state index is -0.207. The van der Waals surface area contributed by atoms with Gasteiger partial charge < -0.3 is 10.6 Å². The highest BCUT2D eigenvalue weighted by Gasteiger charge is 2.23. The topological polar surface area (TPSA) is 66.9 Å². The van der Waals surface area contributed by atoms with E-state index in [9.17, 15) is 4.79 Å². The minimum Gasteiger partial charge on any atom is -0.358 e. The van der Waals surface area contributed by atoms with Gasteiger partial charge in [0, 0.05) is 6.54 Å². The van der Waals surface area contributed by atoms with Crippen LogP contribution in [0.25, 0.3) is 10.2 Å². The van der Waals surface area contributed by atoms with Crippen molar-refractivity contribution in [2.45, 2.75) is 52.5 Å². The molecule has 2 aromatic rings. The number of hydrogen-bond donors (Lipinski definition) is 2. The first-order chi connectivity index (χ1) is 11.0. The fraction of sp³-hybridized carbons (Fsp3) is 0.588. The number of anilines is 1. The van der Waals surface area contributed by atoms with Crippen molar-refractivity contribution >= 4 is 33.3 Å². The molecule has 23 heavy (non-hydrogen) atoms. The summed E-state index contributed by atoms with van der Waals surface area (Å²) < 4.78 is 0. The van der Waals surface area contributed by atoms with Gasteiger partial charge in [0.05, 0.1) is 5.39 Å². The van der Waals surface area contributed by atoms with Crippen molar-refractivity contribution in [3.63, 3.8) is 0 Å². The van der Waals surface area contributed by atoms with Gasteiger partial charge in [-0.05, 0) is 49.5 Å². The largest absolute Gasteiger partial charge is 0.358 e. The number of carbonyl (C=O) groups excluding carboxylic acids is 1. The van der Waals surface area contributed by atoms with E-state index in [1.807, 2.05) is 6.92 Å². The summed E-state index contributed by atoms with van der Waals surface area (Å²) in [6.45, 7) is 7.10. The summed E-state index contributed by atoms with van der Waals surface area (Å²) in [5, 5.41) is 9.64. The molecule has 1 unspecified atom stereocenters. The molecule has 6 heteroatoms. The Morgan fingerprint density at radius 2 is 2.22 bits per heavy atom. The van der Waals surface area contributed by atoms with E-state index in [2.05, 4.69) is 39.8 Å². The van der Waals surface area contributed by atoms with Crippen molar-refractivity contribution in [2.75, 3.05) is 11.9 Å². The zero-order chi connectivity index (χ0) is 16.4. The van der Waals surface area contributed by atoms with Crippen LogP contribution >= 0.6 is 11.3 Å². The highest BCUT2D eigenvalue weighted by molar-refractivity contribution is 7.17. The number of amides is 1. The lowest BCUT2D eigenvalue weighted by atomic mass is 10.0. The van der Waals surface area contributed by atoms with E-state index in [4.69, 9.17) is 0 Å². The molecule has 1 aliphatic rings. The highest BCUT2D eigenvalue weighted by Crippen LogP contribution is 2.32. The Hall–Kier alpha value is -1.69. The van der Waals surface area contributed by atoms with E-state index in [0.29, 0.717) is 5.92 Å². The van der Waals surface area contributed by atoms with Gasteiger partial charge in [0.15, 0.2) is 0 Å². The summed E-state index contributed by atoms with van der Waals surface area (Å²) in [5.74, 6) is 2.20. The second-order valence-electron chi connectivity index (χ2n) is 6.64. The summed E-state index contributed by atoms with van der Waals surface area (Å²) in [5.41, 5.74) is 1.27. The van der Waals surface area contributed by atoms with Crippen molar-refractivity contribution in [3.05, 3.63) is 16.8 Å². The standard InChI is InChI=1S/C17H24N4OS/c1-10(2)8-12-9-23-17-14(12)15(19-11(3)20-17)21-13-6-4-5-7-18-16(13)22/h9-10,13H,4-8H2,1-3H3,(H,18,22)(H,19,20,21). The van der Waals surface area contributed by atoms with Gasteiger partial charge in [-0.25, -0.2) is 9.97 Å². The predicted octanol–water partition coefficient (Wildman–Crippen LogP) is 3.28. The van der Waals surface area contributed by atoms with Gasteiger partial charge in [0.1, 0.15) is 22.5 Å². The summed E-state index contributed by atoms with van der Waals surface area (Å²) in [6, 6.07) is -0.207. The van der Waals surface area contributed by atoms with Crippen LogP contribution in [-0.4, -0.2) is 28.5 Å². The Bertz CT molecular complexity index is 710. The summed E-state index contributed by atoms with van der Waals surface area (Å²) in [4.78, 5) is 22.4. The van der Waals surface area contributed by atoms with Gasteiger partial charge in [0.2, 0.25) is 5.91 Å². The van der Waals surface area contributed by atoms with E-state index < -0.39 is 0 Å². The monoisotopic (exact) mass is 332 g/mol. The Balaban J connectivity index is 1.97. The van der Waals surface area contributed by atoms with Crippen LogP contribution in [0.15, 0.2) is 5.38 Å². The molecule has 1 atom stereocenters. The van der Waals surface area contributed by atoms with Gasteiger partial charge in [-0.1, -0.05) is 13.8 Å². The van der Waals surface area contributed by atoms with Crippen molar-refractivity contribution in [1.29, 1.82) is 0 Å². The molecule has 5 nitrogen and oxygen atoms in total. The molecule has 1 amide bonds. The van der Waals surface area contributed by atoms with Crippen LogP contribution in [0, 0.1) is 12.8 Å². The first kappa shape index (κ1) is 16.2. The number of rotatable bonds is 4. The normalized spacial score (nSPS) is 19.0. The number of thiophene rings is 1. The maximum absolute atomic E-state index is 12.2. The molecule has 3 rings (SSSR count). The fourth-order valence-corrected chi connectivity index (χ4v) is 4.04. The molecule has 2 N–H and O–H groups in total. The lowest BCUT2D eigenvalue weighted by molar-refractivity contribution is -0.121. The average molecular weight is 332 g/mol. The Labute approximate surface area is 140 Å². The van der Waals surface area contributed by atoms with Crippen molar-refractivity contribution in [2.24, 2.45) is 5.92 Å². The van der Waals surface area contributed by atoms with Crippen LogP contribution in [0.5, 0.6) is 0 Å². The Morgan fingerprint density at radius 3 is 3.00 bits per heavy atom. The second-order valence-corrected chi connectivity index (χ2v) is 7.50. The summed E-state index contributed by atoms with van der Waals surface area (Å²) in [7, 11) is 0. The van der Waals surface area contributed by atoms with Crippen molar-refractivity contribution in [3.8, 4) is 0 Å². The molecule has 1 saturated heterocycles. The van der Waals surface area contributed by atoms with Gasteiger partial charge >= 0.3 is 0 Å². The highest BCUT2D eigenvalue weighted by atomic mass is 32.1. The minimum absolute atomic E-state index is 0.0764. The number of carbonyl (C=O) groups is 1. The van der Waals surface area contributed by atoms with Gasteiger partial charge in [0.25, 0.3) is 0 Å². The third-order valence-electron chi connectivity index (χ3n) is 4.10.